The van der Waals surface area contributed by atoms with E-state index in [0.717, 1.165) is 12.0 Å². The molecule has 4 rings (SSSR count). The number of aryl methyl sites for hydroxylation is 1. The second kappa shape index (κ2) is 7.20. The van der Waals surface area contributed by atoms with Gasteiger partial charge in [-0.3, -0.25) is 0 Å². The van der Waals surface area contributed by atoms with Crippen LogP contribution in [0.15, 0.2) is 40.1 Å². The van der Waals surface area contributed by atoms with Gasteiger partial charge in [0, 0.05) is 25.5 Å². The highest BCUT2D eigenvalue weighted by molar-refractivity contribution is 7.89. The molecule has 142 valence electrons. The van der Waals surface area contributed by atoms with E-state index in [1.54, 1.807) is 30.6 Å². The quantitative estimate of drug-likeness (QED) is 0.665. The highest BCUT2D eigenvalue weighted by Crippen LogP contribution is 2.27. The summed E-state index contributed by atoms with van der Waals surface area (Å²) >= 11 is 0. The van der Waals surface area contributed by atoms with Gasteiger partial charge in [-0.05, 0) is 54.2 Å². The first-order chi connectivity index (χ1) is 13.1. The molecule has 1 unspecified atom stereocenters. The monoisotopic (exact) mass is 389 g/mol. The third-order valence-corrected chi connectivity index (χ3v) is 6.58. The molecule has 2 aromatic heterocycles. The molecular weight excluding hydrogens is 370 g/mol. The van der Waals surface area contributed by atoms with Gasteiger partial charge >= 0.3 is 6.01 Å². The number of aromatic nitrogens is 4. The van der Waals surface area contributed by atoms with Crippen LogP contribution in [-0.4, -0.2) is 52.2 Å². The van der Waals surface area contributed by atoms with E-state index in [1.807, 2.05) is 6.92 Å². The summed E-state index contributed by atoms with van der Waals surface area (Å²) < 4.78 is 38.4. The SMILES string of the molecule is Cc1ccc(S(=O)(=O)N2CCCC(Oc3ncccn3)CC2)c2nonc12. The van der Waals surface area contributed by atoms with Crippen molar-refractivity contribution < 1.29 is 17.8 Å². The van der Waals surface area contributed by atoms with Crippen molar-refractivity contribution in [3.05, 3.63) is 36.2 Å². The minimum Gasteiger partial charge on any atom is -0.460 e. The van der Waals surface area contributed by atoms with Crippen LogP contribution < -0.4 is 4.74 Å². The first-order valence-corrected chi connectivity index (χ1v) is 10.2. The fourth-order valence-corrected chi connectivity index (χ4v) is 4.82. The first kappa shape index (κ1) is 17.8. The zero-order valence-electron chi connectivity index (χ0n) is 14.8. The Kier molecular flexibility index (Phi) is 4.75. The topological polar surface area (TPSA) is 111 Å². The lowest BCUT2D eigenvalue weighted by Crippen LogP contribution is -2.32. The van der Waals surface area contributed by atoms with Gasteiger partial charge in [-0.15, -0.1) is 0 Å². The second-order valence-electron chi connectivity index (χ2n) is 6.45. The number of ether oxygens (including phenoxy) is 1. The Morgan fingerprint density at radius 2 is 1.89 bits per heavy atom. The van der Waals surface area contributed by atoms with E-state index in [2.05, 4.69) is 20.3 Å². The number of benzene rings is 1. The van der Waals surface area contributed by atoms with Crippen LogP contribution in [0, 0.1) is 6.92 Å². The zero-order valence-corrected chi connectivity index (χ0v) is 15.6. The number of rotatable bonds is 4. The van der Waals surface area contributed by atoms with Crippen LogP contribution in [0.4, 0.5) is 0 Å². The van der Waals surface area contributed by atoms with Gasteiger partial charge in [0.1, 0.15) is 16.5 Å². The summed E-state index contributed by atoms with van der Waals surface area (Å²) in [5, 5.41) is 7.61. The summed E-state index contributed by atoms with van der Waals surface area (Å²) in [6.45, 7) is 2.60. The van der Waals surface area contributed by atoms with Gasteiger partial charge in [-0.2, -0.15) is 4.31 Å². The molecule has 1 aliphatic rings. The van der Waals surface area contributed by atoms with Gasteiger partial charge in [0.05, 0.1) is 0 Å². The van der Waals surface area contributed by atoms with E-state index in [-0.39, 0.29) is 16.5 Å². The second-order valence-corrected chi connectivity index (χ2v) is 8.35. The van der Waals surface area contributed by atoms with E-state index in [1.165, 1.54) is 4.31 Å². The van der Waals surface area contributed by atoms with Crippen molar-refractivity contribution in [3.63, 3.8) is 0 Å². The number of sulfonamides is 1. The van der Waals surface area contributed by atoms with Gasteiger partial charge in [-0.25, -0.2) is 23.0 Å². The Bertz CT molecular complexity index is 1040. The van der Waals surface area contributed by atoms with Crippen molar-refractivity contribution in [2.24, 2.45) is 0 Å². The van der Waals surface area contributed by atoms with Gasteiger partial charge < -0.3 is 4.74 Å². The molecule has 0 radical (unpaired) electrons. The van der Waals surface area contributed by atoms with E-state index >= 15 is 0 Å². The molecule has 0 spiro atoms. The van der Waals surface area contributed by atoms with Crippen LogP contribution in [0.1, 0.15) is 24.8 Å². The Balaban J connectivity index is 1.54. The molecular formula is C17H19N5O4S. The lowest BCUT2D eigenvalue weighted by Gasteiger charge is -2.20. The normalized spacial score (nSPS) is 19.1. The average molecular weight is 389 g/mol. The summed E-state index contributed by atoms with van der Waals surface area (Å²) in [5.41, 5.74) is 1.55. The van der Waals surface area contributed by atoms with E-state index < -0.39 is 10.0 Å². The summed E-state index contributed by atoms with van der Waals surface area (Å²) in [6, 6.07) is 5.31. The molecule has 3 aromatic rings. The standard InChI is InChI=1S/C17H19N5O4S/c1-12-5-6-14(16-15(12)20-26-21-16)27(23,24)22-10-2-4-13(7-11-22)25-17-18-8-3-9-19-17/h3,5-6,8-9,13H,2,4,7,10-11H2,1H3. The van der Waals surface area contributed by atoms with Gasteiger partial charge in [0.25, 0.3) is 0 Å². The minimum absolute atomic E-state index is 0.120. The smallest absolute Gasteiger partial charge is 0.316 e. The lowest BCUT2D eigenvalue weighted by atomic mass is 10.2. The lowest BCUT2D eigenvalue weighted by molar-refractivity contribution is 0.170. The molecule has 1 aliphatic heterocycles. The molecule has 9 nitrogen and oxygen atoms in total. The number of fused-ring (bicyclic) bond motifs is 1. The molecule has 0 bridgehead atoms. The Labute approximate surface area is 156 Å². The van der Waals surface area contributed by atoms with Crippen molar-refractivity contribution in [1.82, 2.24) is 24.6 Å². The molecule has 1 saturated heterocycles. The van der Waals surface area contributed by atoms with Crippen LogP contribution in [0.5, 0.6) is 6.01 Å². The van der Waals surface area contributed by atoms with Crippen LogP contribution in [-0.2, 0) is 10.0 Å². The summed E-state index contributed by atoms with van der Waals surface area (Å²) in [5.74, 6) is 0. The maximum Gasteiger partial charge on any atom is 0.316 e. The molecule has 0 aliphatic carbocycles. The van der Waals surface area contributed by atoms with Crippen LogP contribution in [0.3, 0.4) is 0 Å². The van der Waals surface area contributed by atoms with Gasteiger partial charge in [-0.1, -0.05) is 6.07 Å². The van der Waals surface area contributed by atoms with Crippen LogP contribution in [0.25, 0.3) is 11.0 Å². The summed E-state index contributed by atoms with van der Waals surface area (Å²) in [6.07, 6.45) is 5.08. The van der Waals surface area contributed by atoms with E-state index in [9.17, 15) is 8.42 Å². The first-order valence-electron chi connectivity index (χ1n) is 8.71. The molecule has 0 amide bonds. The van der Waals surface area contributed by atoms with Crippen molar-refractivity contribution in [2.75, 3.05) is 13.1 Å². The van der Waals surface area contributed by atoms with Crippen LogP contribution >= 0.6 is 0 Å². The number of hydrogen-bond acceptors (Lipinski definition) is 8. The molecule has 1 aromatic carbocycles. The molecule has 0 N–H and O–H groups in total. The number of nitrogens with zero attached hydrogens (tertiary/aromatic N) is 5. The largest absolute Gasteiger partial charge is 0.460 e. The maximum absolute atomic E-state index is 13.2. The average Bonchev–Trinajstić information content (AvgIpc) is 3.03. The highest BCUT2D eigenvalue weighted by atomic mass is 32.2. The van der Waals surface area contributed by atoms with E-state index in [0.29, 0.717) is 37.5 Å². The molecule has 1 atom stereocenters. The fraction of sp³-hybridized carbons (Fsp3) is 0.412. The minimum atomic E-state index is -3.71. The molecule has 10 heteroatoms. The van der Waals surface area contributed by atoms with Gasteiger partial charge in [0.15, 0.2) is 5.52 Å². The van der Waals surface area contributed by atoms with Gasteiger partial charge in [0.2, 0.25) is 10.0 Å². The predicted octanol–water partition coefficient (Wildman–Crippen LogP) is 1.94. The molecule has 0 saturated carbocycles. The van der Waals surface area contributed by atoms with Crippen molar-refractivity contribution >= 4 is 21.1 Å². The Morgan fingerprint density at radius 3 is 2.70 bits per heavy atom. The fourth-order valence-electron chi connectivity index (χ4n) is 3.21. The molecule has 3 heterocycles. The molecule has 1 fully saturated rings. The van der Waals surface area contributed by atoms with Crippen molar-refractivity contribution in [1.29, 1.82) is 0 Å². The summed E-state index contributed by atoms with van der Waals surface area (Å²) in [4.78, 5) is 8.25. The van der Waals surface area contributed by atoms with Crippen LogP contribution in [0.2, 0.25) is 0 Å². The third kappa shape index (κ3) is 3.50. The van der Waals surface area contributed by atoms with Crippen molar-refractivity contribution in [3.8, 4) is 6.01 Å². The summed E-state index contributed by atoms with van der Waals surface area (Å²) in [7, 11) is -3.71. The zero-order chi connectivity index (χ0) is 18.9. The Morgan fingerprint density at radius 1 is 1.11 bits per heavy atom. The number of hydrogen-bond donors (Lipinski definition) is 0. The molecule has 27 heavy (non-hydrogen) atoms. The predicted molar refractivity (Wildman–Crippen MR) is 95.6 cm³/mol. The third-order valence-electron chi connectivity index (χ3n) is 4.65. The highest BCUT2D eigenvalue weighted by Gasteiger charge is 2.31. The maximum atomic E-state index is 13.2. The van der Waals surface area contributed by atoms with Crippen molar-refractivity contribution in [2.45, 2.75) is 37.2 Å². The Hall–Kier alpha value is -2.59. The van der Waals surface area contributed by atoms with E-state index in [4.69, 9.17) is 9.37 Å².